The van der Waals surface area contributed by atoms with Crippen LogP contribution in [0.2, 0.25) is 0 Å². The first-order valence-electron chi connectivity index (χ1n) is 6.65. The zero-order valence-corrected chi connectivity index (χ0v) is 13.3. The summed E-state index contributed by atoms with van der Waals surface area (Å²) in [7, 11) is -1.59. The van der Waals surface area contributed by atoms with E-state index in [1.165, 1.54) is 4.31 Å². The van der Waals surface area contributed by atoms with Crippen molar-refractivity contribution in [1.82, 2.24) is 19.4 Å². The molecule has 0 unspecified atom stereocenters. The molecule has 114 valence electrons. The molecule has 0 atom stereocenters. The molecule has 0 spiro atoms. The number of nitrogens with one attached hydrogen (secondary N) is 1. The molecule has 1 aromatic rings. The van der Waals surface area contributed by atoms with Crippen LogP contribution in [0, 0.1) is 6.92 Å². The van der Waals surface area contributed by atoms with Crippen LogP contribution in [0.1, 0.15) is 25.1 Å². The van der Waals surface area contributed by atoms with Gasteiger partial charge >= 0.3 is 0 Å². The third kappa shape index (κ3) is 2.48. The predicted octanol–water partition coefficient (Wildman–Crippen LogP) is -0.108. The number of nitrogens with two attached hydrogens (primary N) is 1. The van der Waals surface area contributed by atoms with Gasteiger partial charge in [0.15, 0.2) is 5.03 Å². The van der Waals surface area contributed by atoms with Gasteiger partial charge in [-0.3, -0.25) is 10.00 Å². The fraction of sp³-hybridized carbons (Fsp3) is 0.750. The highest BCUT2D eigenvalue weighted by atomic mass is 32.2. The Labute approximate surface area is 120 Å². The number of hydrogen-bond acceptors (Lipinski definition) is 5. The first kappa shape index (κ1) is 15.4. The molecule has 1 aliphatic heterocycles. The fourth-order valence-electron chi connectivity index (χ4n) is 2.41. The van der Waals surface area contributed by atoms with Gasteiger partial charge in [0, 0.05) is 43.0 Å². The second-order valence-electron chi connectivity index (χ2n) is 5.91. The Morgan fingerprint density at radius 2 is 2.05 bits per heavy atom. The number of rotatable bonds is 3. The van der Waals surface area contributed by atoms with Crippen LogP contribution in [0.4, 0.5) is 0 Å². The number of aromatic amines is 1. The number of nitrogens with zero attached hydrogens (tertiary/aromatic N) is 3. The molecule has 0 amide bonds. The molecule has 0 aliphatic carbocycles. The lowest BCUT2D eigenvalue weighted by Gasteiger charge is -2.44. The molecule has 0 aromatic carbocycles. The Hall–Kier alpha value is -0.960. The van der Waals surface area contributed by atoms with Crippen LogP contribution < -0.4 is 5.73 Å². The Morgan fingerprint density at radius 3 is 2.60 bits per heavy atom. The van der Waals surface area contributed by atoms with E-state index in [0.29, 0.717) is 30.9 Å². The maximum Gasteiger partial charge on any atom is 0.262 e. The summed E-state index contributed by atoms with van der Waals surface area (Å²) in [4.78, 5) is 2.17. The largest absolute Gasteiger partial charge is 0.326 e. The third-order valence-corrected chi connectivity index (χ3v) is 5.92. The average Bonchev–Trinajstić information content (AvgIpc) is 2.74. The van der Waals surface area contributed by atoms with Crippen molar-refractivity contribution in [3.8, 4) is 0 Å². The highest BCUT2D eigenvalue weighted by Crippen LogP contribution is 2.26. The Bertz CT molecular complexity index is 593. The quantitative estimate of drug-likeness (QED) is 0.812. The van der Waals surface area contributed by atoms with Gasteiger partial charge in [-0.25, -0.2) is 8.42 Å². The normalized spacial score (nSPS) is 21.2. The van der Waals surface area contributed by atoms with Crippen LogP contribution in [0.3, 0.4) is 0 Å². The summed E-state index contributed by atoms with van der Waals surface area (Å²) in [6, 6.07) is 0. The van der Waals surface area contributed by atoms with Gasteiger partial charge in [-0.05, 0) is 27.8 Å². The monoisotopic (exact) mass is 301 g/mol. The van der Waals surface area contributed by atoms with Crippen LogP contribution in [0.15, 0.2) is 5.03 Å². The molecule has 2 rings (SSSR count). The first-order valence-corrected chi connectivity index (χ1v) is 8.09. The summed E-state index contributed by atoms with van der Waals surface area (Å²) in [5.41, 5.74) is 6.73. The maximum absolute atomic E-state index is 12.7. The summed E-state index contributed by atoms with van der Waals surface area (Å²) >= 11 is 0. The molecule has 7 nitrogen and oxygen atoms in total. The van der Waals surface area contributed by atoms with Crippen molar-refractivity contribution < 1.29 is 8.42 Å². The van der Waals surface area contributed by atoms with Crippen molar-refractivity contribution in [2.75, 3.05) is 26.7 Å². The fourth-order valence-corrected chi connectivity index (χ4v) is 4.17. The van der Waals surface area contributed by atoms with Crippen LogP contribution in [0.5, 0.6) is 0 Å². The number of hydrogen-bond donors (Lipinski definition) is 2. The smallest absolute Gasteiger partial charge is 0.262 e. The van der Waals surface area contributed by atoms with Gasteiger partial charge < -0.3 is 5.73 Å². The lowest BCUT2D eigenvalue weighted by Crippen LogP contribution is -2.58. The molecule has 1 saturated heterocycles. The first-order chi connectivity index (χ1) is 9.20. The Kier molecular flexibility index (Phi) is 3.94. The van der Waals surface area contributed by atoms with Crippen LogP contribution >= 0.6 is 0 Å². The van der Waals surface area contributed by atoms with Gasteiger partial charge in [0.25, 0.3) is 10.0 Å². The molecule has 2 heterocycles. The summed E-state index contributed by atoms with van der Waals surface area (Å²) in [6.45, 7) is 7.63. The van der Waals surface area contributed by atoms with Gasteiger partial charge in [-0.2, -0.15) is 9.40 Å². The number of aryl methyl sites for hydroxylation is 1. The molecule has 1 aliphatic rings. The van der Waals surface area contributed by atoms with Crippen LogP contribution in [0.25, 0.3) is 0 Å². The molecule has 0 saturated carbocycles. The number of H-pyrrole nitrogens is 1. The Morgan fingerprint density at radius 1 is 1.40 bits per heavy atom. The van der Waals surface area contributed by atoms with E-state index in [4.69, 9.17) is 5.73 Å². The van der Waals surface area contributed by atoms with Crippen molar-refractivity contribution in [3.05, 3.63) is 11.3 Å². The third-order valence-electron chi connectivity index (χ3n) is 4.11. The summed E-state index contributed by atoms with van der Waals surface area (Å²) in [5, 5.41) is 6.74. The summed E-state index contributed by atoms with van der Waals surface area (Å²) in [6.07, 6.45) is 0. The van der Waals surface area contributed by atoms with Crippen LogP contribution in [-0.2, 0) is 16.6 Å². The molecule has 1 fully saturated rings. The minimum Gasteiger partial charge on any atom is -0.326 e. The van der Waals surface area contributed by atoms with Gasteiger partial charge in [-0.1, -0.05) is 0 Å². The number of likely N-dealkylation sites (N-methyl/N-ethyl adjacent to an activating group) is 1. The zero-order valence-electron chi connectivity index (χ0n) is 12.5. The minimum atomic E-state index is -3.59. The lowest BCUT2D eigenvalue weighted by molar-refractivity contribution is 0.0800. The van der Waals surface area contributed by atoms with Crippen LogP contribution in [-0.4, -0.2) is 60.0 Å². The van der Waals surface area contributed by atoms with E-state index in [1.807, 2.05) is 20.9 Å². The van der Waals surface area contributed by atoms with Gasteiger partial charge in [0.05, 0.1) is 0 Å². The minimum absolute atomic E-state index is 0.0675. The standard InChI is InChI=1S/C12H23N5O2S/c1-9-10(7-13)11(15-14-9)20(18,19)17-6-5-16(4)12(2,3)8-17/h5-8,13H2,1-4H3,(H,14,15). The van der Waals surface area contributed by atoms with Crippen molar-refractivity contribution in [2.45, 2.75) is 37.9 Å². The van der Waals surface area contributed by atoms with E-state index >= 15 is 0 Å². The molecule has 0 radical (unpaired) electrons. The van der Waals surface area contributed by atoms with Gasteiger partial charge in [-0.15, -0.1) is 0 Å². The van der Waals surface area contributed by atoms with E-state index < -0.39 is 10.0 Å². The van der Waals surface area contributed by atoms with Crippen molar-refractivity contribution in [2.24, 2.45) is 5.73 Å². The SMILES string of the molecule is Cc1[nH]nc(S(=O)(=O)N2CCN(C)C(C)(C)C2)c1CN. The molecule has 1 aromatic heterocycles. The number of sulfonamides is 1. The van der Waals surface area contributed by atoms with Crippen molar-refractivity contribution >= 4 is 10.0 Å². The summed E-state index contributed by atoms with van der Waals surface area (Å²) < 4.78 is 27.0. The number of piperazine rings is 1. The van der Waals surface area contributed by atoms with E-state index in [2.05, 4.69) is 15.1 Å². The second kappa shape index (κ2) is 5.10. The Balaban J connectivity index is 2.36. The van der Waals surface area contributed by atoms with Crippen molar-refractivity contribution in [1.29, 1.82) is 0 Å². The molecular weight excluding hydrogens is 278 g/mol. The zero-order chi connectivity index (χ0) is 15.1. The molecule has 8 heteroatoms. The van der Waals surface area contributed by atoms with Gasteiger partial charge in [0.1, 0.15) is 0 Å². The predicted molar refractivity (Wildman–Crippen MR) is 76.7 cm³/mol. The topological polar surface area (TPSA) is 95.3 Å². The van der Waals surface area contributed by atoms with E-state index in [9.17, 15) is 8.42 Å². The molecule has 0 bridgehead atoms. The van der Waals surface area contributed by atoms with E-state index in [-0.39, 0.29) is 17.1 Å². The van der Waals surface area contributed by atoms with Crippen molar-refractivity contribution in [3.63, 3.8) is 0 Å². The maximum atomic E-state index is 12.7. The average molecular weight is 301 g/mol. The molecular formula is C12H23N5O2S. The molecule has 20 heavy (non-hydrogen) atoms. The summed E-state index contributed by atoms with van der Waals surface area (Å²) in [5.74, 6) is 0. The lowest BCUT2D eigenvalue weighted by atomic mass is 10.0. The van der Waals surface area contributed by atoms with E-state index in [1.54, 1.807) is 6.92 Å². The highest BCUT2D eigenvalue weighted by molar-refractivity contribution is 7.89. The second-order valence-corrected chi connectivity index (χ2v) is 7.76. The number of aromatic nitrogens is 2. The van der Waals surface area contributed by atoms with Gasteiger partial charge in [0.2, 0.25) is 0 Å². The molecule has 3 N–H and O–H groups in total. The van der Waals surface area contributed by atoms with E-state index in [0.717, 1.165) is 0 Å². The highest BCUT2D eigenvalue weighted by Gasteiger charge is 2.39.